The van der Waals surface area contributed by atoms with E-state index in [2.05, 4.69) is 10.3 Å². The number of furan rings is 1. The van der Waals surface area contributed by atoms with Gasteiger partial charge in [0.15, 0.2) is 0 Å². The van der Waals surface area contributed by atoms with Crippen molar-refractivity contribution in [2.75, 3.05) is 11.9 Å². The van der Waals surface area contributed by atoms with E-state index in [-0.39, 0.29) is 5.92 Å². The average Bonchev–Trinajstić information content (AvgIpc) is 2.82. The van der Waals surface area contributed by atoms with E-state index < -0.39 is 5.97 Å². The fourth-order valence-electron chi connectivity index (χ4n) is 1.92. The van der Waals surface area contributed by atoms with Crippen molar-refractivity contribution in [2.24, 2.45) is 5.92 Å². The maximum absolute atomic E-state index is 11.0. The van der Waals surface area contributed by atoms with Crippen LogP contribution in [-0.2, 0) is 4.79 Å². The molecule has 0 aliphatic heterocycles. The molecule has 0 spiro atoms. The Bertz CT molecular complexity index is 536. The van der Waals surface area contributed by atoms with Crippen molar-refractivity contribution in [3.05, 3.63) is 24.6 Å². The van der Waals surface area contributed by atoms with Crippen LogP contribution in [0, 0.1) is 5.92 Å². The van der Waals surface area contributed by atoms with E-state index in [1.807, 2.05) is 13.0 Å². The lowest BCUT2D eigenvalue weighted by atomic mass is 10.0. The van der Waals surface area contributed by atoms with Crippen molar-refractivity contribution in [2.45, 2.75) is 19.8 Å². The minimum atomic E-state index is -0.774. The van der Waals surface area contributed by atoms with Crippen LogP contribution in [0.15, 0.2) is 29.0 Å². The van der Waals surface area contributed by atoms with Crippen LogP contribution in [0.4, 0.5) is 5.82 Å². The zero-order valence-electron chi connectivity index (χ0n) is 10.2. The van der Waals surface area contributed by atoms with Gasteiger partial charge in [-0.25, -0.2) is 4.98 Å². The molecule has 18 heavy (non-hydrogen) atoms. The molecule has 0 saturated heterocycles. The van der Waals surface area contributed by atoms with Crippen LogP contribution in [0.1, 0.15) is 19.8 Å². The second-order valence-corrected chi connectivity index (χ2v) is 4.20. The molecule has 1 atom stereocenters. The van der Waals surface area contributed by atoms with Gasteiger partial charge in [-0.1, -0.05) is 13.3 Å². The van der Waals surface area contributed by atoms with E-state index in [0.29, 0.717) is 18.8 Å². The second kappa shape index (κ2) is 5.53. The number of pyridine rings is 1. The number of fused-ring (bicyclic) bond motifs is 1. The molecular weight excluding hydrogens is 232 g/mol. The molecule has 2 heterocycles. The van der Waals surface area contributed by atoms with E-state index >= 15 is 0 Å². The zero-order valence-corrected chi connectivity index (χ0v) is 10.2. The van der Waals surface area contributed by atoms with Gasteiger partial charge in [-0.05, 0) is 18.6 Å². The first-order valence-electron chi connectivity index (χ1n) is 6.01. The predicted octanol–water partition coefficient (Wildman–Crippen LogP) is 2.74. The summed E-state index contributed by atoms with van der Waals surface area (Å²) in [6.07, 6.45) is 4.74. The van der Waals surface area contributed by atoms with Gasteiger partial charge in [0.25, 0.3) is 0 Å². The minimum Gasteiger partial charge on any atom is -0.481 e. The predicted molar refractivity (Wildman–Crippen MR) is 68.5 cm³/mol. The summed E-state index contributed by atoms with van der Waals surface area (Å²) < 4.78 is 5.26. The van der Waals surface area contributed by atoms with E-state index in [1.165, 1.54) is 0 Å². The first-order chi connectivity index (χ1) is 8.72. The van der Waals surface area contributed by atoms with Gasteiger partial charge in [0, 0.05) is 12.7 Å². The average molecular weight is 248 g/mol. The maximum atomic E-state index is 11.0. The number of aromatic nitrogens is 1. The van der Waals surface area contributed by atoms with Crippen molar-refractivity contribution in [3.63, 3.8) is 0 Å². The lowest BCUT2D eigenvalue weighted by Gasteiger charge is -2.12. The van der Waals surface area contributed by atoms with Crippen molar-refractivity contribution in [1.29, 1.82) is 0 Å². The van der Waals surface area contributed by atoms with Gasteiger partial charge in [0.2, 0.25) is 0 Å². The minimum absolute atomic E-state index is 0.375. The molecule has 96 valence electrons. The molecule has 5 heteroatoms. The third-order valence-electron chi connectivity index (χ3n) is 2.88. The van der Waals surface area contributed by atoms with Crippen LogP contribution in [0.5, 0.6) is 0 Å². The van der Waals surface area contributed by atoms with Crippen molar-refractivity contribution < 1.29 is 14.3 Å². The van der Waals surface area contributed by atoms with Gasteiger partial charge in [-0.2, -0.15) is 0 Å². The van der Waals surface area contributed by atoms with Gasteiger partial charge >= 0.3 is 5.97 Å². The molecule has 0 aliphatic carbocycles. The number of nitrogens with one attached hydrogen (secondary N) is 1. The molecule has 0 saturated carbocycles. The smallest absolute Gasteiger partial charge is 0.308 e. The van der Waals surface area contributed by atoms with Gasteiger partial charge in [0.05, 0.1) is 17.6 Å². The first kappa shape index (κ1) is 12.4. The number of nitrogens with zero attached hydrogens (tertiary/aromatic N) is 1. The quantitative estimate of drug-likeness (QED) is 0.822. The summed E-state index contributed by atoms with van der Waals surface area (Å²) in [7, 11) is 0. The van der Waals surface area contributed by atoms with Crippen molar-refractivity contribution >= 4 is 22.8 Å². The Morgan fingerprint density at radius 2 is 2.39 bits per heavy atom. The lowest BCUT2D eigenvalue weighted by Crippen LogP contribution is -2.23. The van der Waals surface area contributed by atoms with Crippen LogP contribution >= 0.6 is 0 Å². The largest absolute Gasteiger partial charge is 0.481 e. The molecule has 0 amide bonds. The molecule has 0 aliphatic rings. The highest BCUT2D eigenvalue weighted by Crippen LogP contribution is 2.22. The Balaban J connectivity index is 2.09. The number of anilines is 1. The molecule has 2 aromatic rings. The summed E-state index contributed by atoms with van der Waals surface area (Å²) in [5.41, 5.74) is 0.745. The fourth-order valence-corrected chi connectivity index (χ4v) is 1.92. The van der Waals surface area contributed by atoms with Gasteiger partial charge in [0.1, 0.15) is 11.4 Å². The number of carboxylic acids is 1. The van der Waals surface area contributed by atoms with Crippen LogP contribution in [0.25, 0.3) is 11.0 Å². The summed E-state index contributed by atoms with van der Waals surface area (Å²) in [6, 6.07) is 3.60. The Labute approximate surface area is 105 Å². The van der Waals surface area contributed by atoms with Crippen molar-refractivity contribution in [3.8, 4) is 0 Å². The first-order valence-corrected chi connectivity index (χ1v) is 6.01. The number of rotatable bonds is 6. The molecular formula is C13H16N2O3. The summed E-state index contributed by atoms with van der Waals surface area (Å²) in [5, 5.41) is 13.0. The van der Waals surface area contributed by atoms with Gasteiger partial charge < -0.3 is 14.8 Å². The van der Waals surface area contributed by atoms with Crippen LogP contribution in [-0.4, -0.2) is 22.6 Å². The summed E-state index contributed by atoms with van der Waals surface area (Å²) in [4.78, 5) is 15.3. The Hall–Kier alpha value is -2.04. The van der Waals surface area contributed by atoms with Crippen LogP contribution in [0.2, 0.25) is 0 Å². The highest BCUT2D eigenvalue weighted by molar-refractivity contribution is 5.88. The summed E-state index contributed by atoms with van der Waals surface area (Å²) in [5.74, 6) is -0.494. The molecule has 2 rings (SSSR count). The van der Waals surface area contributed by atoms with Crippen molar-refractivity contribution in [1.82, 2.24) is 4.98 Å². The number of aliphatic carboxylic acids is 1. The number of hydrogen-bond acceptors (Lipinski definition) is 4. The molecule has 0 bridgehead atoms. The van der Waals surface area contributed by atoms with Crippen LogP contribution in [0.3, 0.4) is 0 Å². The molecule has 0 aromatic carbocycles. The van der Waals surface area contributed by atoms with Gasteiger partial charge in [-0.3, -0.25) is 4.79 Å². The van der Waals surface area contributed by atoms with Crippen LogP contribution < -0.4 is 5.32 Å². The molecule has 1 unspecified atom stereocenters. The SMILES string of the molecule is CCCC(CNc1nccc2occc12)C(=O)O. The monoisotopic (exact) mass is 248 g/mol. The van der Waals surface area contributed by atoms with E-state index in [0.717, 1.165) is 17.4 Å². The molecule has 0 radical (unpaired) electrons. The molecule has 0 fully saturated rings. The maximum Gasteiger partial charge on any atom is 0.308 e. The van der Waals surface area contributed by atoms with E-state index in [9.17, 15) is 4.79 Å². The van der Waals surface area contributed by atoms with E-state index in [4.69, 9.17) is 9.52 Å². The molecule has 2 aromatic heterocycles. The fraction of sp³-hybridized carbons (Fsp3) is 0.385. The lowest BCUT2D eigenvalue weighted by molar-refractivity contribution is -0.141. The third-order valence-corrected chi connectivity index (χ3v) is 2.88. The highest BCUT2D eigenvalue weighted by Gasteiger charge is 2.16. The second-order valence-electron chi connectivity index (χ2n) is 4.20. The topological polar surface area (TPSA) is 75.4 Å². The normalized spacial score (nSPS) is 12.5. The number of carboxylic acid groups (broad SMARTS) is 1. The number of carbonyl (C=O) groups is 1. The van der Waals surface area contributed by atoms with E-state index in [1.54, 1.807) is 18.5 Å². The van der Waals surface area contributed by atoms with Gasteiger partial charge in [-0.15, -0.1) is 0 Å². The Kier molecular flexibility index (Phi) is 3.82. The number of hydrogen-bond donors (Lipinski definition) is 2. The Morgan fingerprint density at radius 3 is 3.11 bits per heavy atom. The molecule has 2 N–H and O–H groups in total. The highest BCUT2D eigenvalue weighted by atomic mass is 16.4. The summed E-state index contributed by atoms with van der Waals surface area (Å²) >= 11 is 0. The third kappa shape index (κ3) is 2.61. The summed E-state index contributed by atoms with van der Waals surface area (Å²) in [6.45, 7) is 2.35. The molecule has 5 nitrogen and oxygen atoms in total. The standard InChI is InChI=1S/C13H16N2O3/c1-2-3-9(13(16)17)8-15-12-10-5-7-18-11(10)4-6-14-12/h4-7,9H,2-3,8H2,1H3,(H,14,15)(H,16,17). The zero-order chi connectivity index (χ0) is 13.0. The Morgan fingerprint density at radius 1 is 1.56 bits per heavy atom.